The molecule has 1 fully saturated rings. The number of likely N-dealkylation sites (tertiary alicyclic amines) is 1. The molecule has 2 aromatic rings. The number of nitrogens with one attached hydrogen (secondary N) is 1. The van der Waals surface area contributed by atoms with Crippen LogP contribution in [0.2, 0.25) is 0 Å². The van der Waals surface area contributed by atoms with E-state index in [0.717, 1.165) is 38.8 Å². The number of carbonyl (C=O) groups excluding carboxylic acids is 2. The van der Waals surface area contributed by atoms with Crippen molar-refractivity contribution in [2.24, 2.45) is 0 Å². The molecular weight excluding hydrogens is 358 g/mol. The Kier molecular flexibility index (Phi) is 6.37. The van der Waals surface area contributed by atoms with Gasteiger partial charge in [0, 0.05) is 24.7 Å². The number of hydrogen-bond donors (Lipinski definition) is 1. The van der Waals surface area contributed by atoms with Gasteiger partial charge in [-0.1, -0.05) is 43.2 Å². The zero-order valence-electron chi connectivity index (χ0n) is 15.6. The van der Waals surface area contributed by atoms with Crippen LogP contribution in [-0.4, -0.2) is 34.7 Å². The van der Waals surface area contributed by atoms with Gasteiger partial charge in [0.2, 0.25) is 5.91 Å². The normalized spacial score (nSPS) is 14.2. The SMILES string of the molecule is O=C(Cc1ccccc1[N+](=O)[O-])Nc1ccccc1C(=O)N1CCCCCC1. The van der Waals surface area contributed by atoms with Crippen molar-refractivity contribution >= 4 is 23.2 Å². The van der Waals surface area contributed by atoms with Gasteiger partial charge in [0.25, 0.3) is 11.6 Å². The Bertz CT molecular complexity index is 873. The quantitative estimate of drug-likeness (QED) is 0.630. The number of nitrogens with zero attached hydrogens (tertiary/aromatic N) is 2. The summed E-state index contributed by atoms with van der Waals surface area (Å²) in [6.45, 7) is 1.44. The van der Waals surface area contributed by atoms with E-state index in [1.54, 1.807) is 42.5 Å². The van der Waals surface area contributed by atoms with Crippen LogP contribution in [0.1, 0.15) is 41.6 Å². The molecule has 0 aromatic heterocycles. The summed E-state index contributed by atoms with van der Waals surface area (Å²) in [5.41, 5.74) is 1.12. The largest absolute Gasteiger partial charge is 0.339 e. The van der Waals surface area contributed by atoms with Crippen LogP contribution in [0.25, 0.3) is 0 Å². The van der Waals surface area contributed by atoms with E-state index >= 15 is 0 Å². The lowest BCUT2D eigenvalue weighted by atomic mass is 10.1. The molecule has 0 saturated carbocycles. The third-order valence-electron chi connectivity index (χ3n) is 4.86. The van der Waals surface area contributed by atoms with Crippen LogP contribution >= 0.6 is 0 Å². The summed E-state index contributed by atoms with van der Waals surface area (Å²) in [5.74, 6) is -0.492. The van der Waals surface area contributed by atoms with Gasteiger partial charge in [-0.05, 0) is 25.0 Å². The van der Waals surface area contributed by atoms with Crippen molar-refractivity contribution in [3.05, 3.63) is 69.8 Å². The number of anilines is 1. The van der Waals surface area contributed by atoms with Gasteiger partial charge in [-0.25, -0.2) is 0 Å². The molecule has 7 heteroatoms. The Morgan fingerprint density at radius 1 is 0.964 bits per heavy atom. The van der Waals surface area contributed by atoms with Gasteiger partial charge in [-0.2, -0.15) is 0 Å². The molecule has 1 heterocycles. The van der Waals surface area contributed by atoms with Gasteiger partial charge in [0.05, 0.1) is 22.6 Å². The molecule has 1 saturated heterocycles. The van der Waals surface area contributed by atoms with Crippen LogP contribution in [0, 0.1) is 10.1 Å². The van der Waals surface area contributed by atoms with Crippen molar-refractivity contribution in [1.29, 1.82) is 0 Å². The Balaban J connectivity index is 1.75. The van der Waals surface area contributed by atoms with E-state index in [9.17, 15) is 19.7 Å². The highest BCUT2D eigenvalue weighted by Crippen LogP contribution is 2.22. The fraction of sp³-hybridized carbons (Fsp3) is 0.333. The maximum absolute atomic E-state index is 12.9. The number of rotatable bonds is 5. The van der Waals surface area contributed by atoms with E-state index in [2.05, 4.69) is 5.32 Å². The molecule has 0 spiro atoms. The van der Waals surface area contributed by atoms with Gasteiger partial charge >= 0.3 is 0 Å². The van der Waals surface area contributed by atoms with Crippen LogP contribution in [-0.2, 0) is 11.2 Å². The Labute approximate surface area is 163 Å². The average molecular weight is 381 g/mol. The zero-order valence-corrected chi connectivity index (χ0v) is 15.6. The van der Waals surface area contributed by atoms with E-state index in [1.165, 1.54) is 6.07 Å². The van der Waals surface area contributed by atoms with Crippen molar-refractivity contribution < 1.29 is 14.5 Å². The summed E-state index contributed by atoms with van der Waals surface area (Å²) in [6.07, 6.45) is 4.08. The number of nitro groups is 1. The van der Waals surface area contributed by atoms with Crippen molar-refractivity contribution in [1.82, 2.24) is 4.90 Å². The van der Waals surface area contributed by atoms with E-state index in [1.807, 2.05) is 4.90 Å². The van der Waals surface area contributed by atoms with E-state index in [-0.39, 0.29) is 18.0 Å². The van der Waals surface area contributed by atoms with Gasteiger partial charge in [0.1, 0.15) is 0 Å². The Morgan fingerprint density at radius 2 is 1.61 bits per heavy atom. The minimum Gasteiger partial charge on any atom is -0.339 e. The number of para-hydroxylation sites is 2. The summed E-state index contributed by atoms with van der Waals surface area (Å²) in [7, 11) is 0. The number of benzene rings is 2. The summed E-state index contributed by atoms with van der Waals surface area (Å²) in [5, 5.41) is 13.9. The fourth-order valence-electron chi connectivity index (χ4n) is 3.43. The highest BCUT2D eigenvalue weighted by atomic mass is 16.6. The van der Waals surface area contributed by atoms with Gasteiger partial charge in [-0.3, -0.25) is 19.7 Å². The van der Waals surface area contributed by atoms with Gasteiger partial charge < -0.3 is 10.2 Å². The molecule has 3 rings (SSSR count). The van der Waals surface area contributed by atoms with E-state index in [4.69, 9.17) is 0 Å². The number of carbonyl (C=O) groups is 2. The second kappa shape index (κ2) is 9.12. The first kappa shape index (κ1) is 19.5. The number of nitro benzene ring substituents is 1. The highest BCUT2D eigenvalue weighted by molar-refractivity contribution is 6.04. The first-order chi connectivity index (χ1) is 13.6. The summed E-state index contributed by atoms with van der Waals surface area (Å²) in [4.78, 5) is 37.9. The molecule has 0 atom stereocenters. The van der Waals surface area contributed by atoms with Crippen molar-refractivity contribution in [2.45, 2.75) is 32.1 Å². The highest BCUT2D eigenvalue weighted by Gasteiger charge is 2.21. The van der Waals surface area contributed by atoms with Crippen molar-refractivity contribution in [3.63, 3.8) is 0 Å². The second-order valence-corrected chi connectivity index (χ2v) is 6.86. The van der Waals surface area contributed by atoms with Crippen LogP contribution in [0.15, 0.2) is 48.5 Å². The lowest BCUT2D eigenvalue weighted by Gasteiger charge is -2.22. The van der Waals surface area contributed by atoms with Crippen LogP contribution in [0.5, 0.6) is 0 Å². The van der Waals surface area contributed by atoms with E-state index < -0.39 is 10.8 Å². The van der Waals surface area contributed by atoms with Gasteiger partial charge in [-0.15, -0.1) is 0 Å². The predicted octanol–water partition coefficient (Wildman–Crippen LogP) is 3.79. The topological polar surface area (TPSA) is 92.5 Å². The first-order valence-electron chi connectivity index (χ1n) is 9.46. The maximum atomic E-state index is 12.9. The molecule has 7 nitrogen and oxygen atoms in total. The predicted molar refractivity (Wildman–Crippen MR) is 106 cm³/mol. The number of amides is 2. The minimum atomic E-state index is -0.501. The average Bonchev–Trinajstić information content (AvgIpc) is 2.97. The monoisotopic (exact) mass is 381 g/mol. The molecule has 2 aromatic carbocycles. The zero-order chi connectivity index (χ0) is 19.9. The minimum absolute atomic E-state index is 0.0911. The summed E-state index contributed by atoms with van der Waals surface area (Å²) >= 11 is 0. The smallest absolute Gasteiger partial charge is 0.273 e. The Hall–Kier alpha value is -3.22. The van der Waals surface area contributed by atoms with Crippen LogP contribution in [0.3, 0.4) is 0 Å². The lowest BCUT2D eigenvalue weighted by molar-refractivity contribution is -0.385. The first-order valence-corrected chi connectivity index (χ1v) is 9.46. The third-order valence-corrected chi connectivity index (χ3v) is 4.86. The molecule has 2 amide bonds. The lowest BCUT2D eigenvalue weighted by Crippen LogP contribution is -2.32. The molecule has 0 bridgehead atoms. The molecule has 0 unspecified atom stereocenters. The summed E-state index contributed by atoms with van der Waals surface area (Å²) < 4.78 is 0. The molecule has 28 heavy (non-hydrogen) atoms. The number of hydrogen-bond acceptors (Lipinski definition) is 4. The van der Waals surface area contributed by atoms with E-state index in [0.29, 0.717) is 16.8 Å². The molecule has 1 aliphatic heterocycles. The fourth-order valence-corrected chi connectivity index (χ4v) is 3.43. The molecule has 1 aliphatic rings. The second-order valence-electron chi connectivity index (χ2n) is 6.86. The van der Waals surface area contributed by atoms with Crippen LogP contribution < -0.4 is 5.32 Å². The molecule has 1 N–H and O–H groups in total. The van der Waals surface area contributed by atoms with Gasteiger partial charge in [0.15, 0.2) is 0 Å². The van der Waals surface area contributed by atoms with Crippen LogP contribution in [0.4, 0.5) is 11.4 Å². The molecule has 0 radical (unpaired) electrons. The maximum Gasteiger partial charge on any atom is 0.273 e. The van der Waals surface area contributed by atoms with Crippen molar-refractivity contribution in [3.8, 4) is 0 Å². The third kappa shape index (κ3) is 4.73. The Morgan fingerprint density at radius 3 is 2.32 bits per heavy atom. The molecular formula is C21H23N3O4. The van der Waals surface area contributed by atoms with Crippen molar-refractivity contribution in [2.75, 3.05) is 18.4 Å². The summed E-state index contributed by atoms with van der Waals surface area (Å²) in [6, 6.07) is 13.1. The molecule has 0 aliphatic carbocycles. The standard InChI is InChI=1S/C21H23N3O4/c25-20(15-16-9-3-6-12-19(16)24(27)28)22-18-11-5-4-10-17(18)21(26)23-13-7-1-2-8-14-23/h3-6,9-12H,1-2,7-8,13-15H2,(H,22,25). The molecule has 146 valence electrons.